The molecule has 2 unspecified atom stereocenters. The van der Waals surface area contributed by atoms with Crippen LogP contribution in [-0.4, -0.2) is 40.3 Å². The molecule has 1 aliphatic heterocycles. The molecule has 108 valence electrons. The molecule has 0 radical (unpaired) electrons. The molecule has 1 aromatic carbocycles. The normalized spacial score (nSPS) is 22.1. The van der Waals surface area contributed by atoms with E-state index in [1.807, 2.05) is 30.3 Å². The number of aliphatic carboxylic acids is 1. The maximum absolute atomic E-state index is 12.0. The zero-order chi connectivity index (χ0) is 14.9. The molecule has 0 bridgehead atoms. The molecule has 2 atom stereocenters. The monoisotopic (exact) mass is 277 g/mol. The zero-order valence-corrected chi connectivity index (χ0v) is 11.9. The number of carbonyl (C=O) groups excluding carboxylic acids is 1. The molecule has 20 heavy (non-hydrogen) atoms. The van der Waals surface area contributed by atoms with E-state index in [9.17, 15) is 14.7 Å². The highest BCUT2D eigenvalue weighted by Crippen LogP contribution is 2.35. The van der Waals surface area contributed by atoms with Crippen LogP contribution < -0.4 is 0 Å². The summed E-state index contributed by atoms with van der Waals surface area (Å²) in [4.78, 5) is 24.6. The van der Waals surface area contributed by atoms with Crippen LogP contribution in [0, 0.1) is 0 Å². The van der Waals surface area contributed by atoms with E-state index < -0.39 is 23.7 Å². The van der Waals surface area contributed by atoms with Crippen molar-refractivity contribution >= 4 is 12.1 Å². The smallest absolute Gasteiger partial charge is 0.411 e. The predicted molar refractivity (Wildman–Crippen MR) is 73.5 cm³/mol. The lowest BCUT2D eigenvalue weighted by Crippen LogP contribution is -2.61. The molecule has 1 saturated heterocycles. The first-order valence-corrected chi connectivity index (χ1v) is 6.57. The summed E-state index contributed by atoms with van der Waals surface area (Å²) in [5, 5.41) is 9.33. The van der Waals surface area contributed by atoms with Gasteiger partial charge in [-0.1, -0.05) is 30.3 Å². The fourth-order valence-corrected chi connectivity index (χ4v) is 2.31. The molecule has 1 aromatic rings. The second-order valence-corrected chi connectivity index (χ2v) is 5.93. The van der Waals surface area contributed by atoms with Crippen LogP contribution in [0.2, 0.25) is 0 Å². The third-order valence-electron chi connectivity index (χ3n) is 3.22. The Bertz CT molecular complexity index is 506. The Morgan fingerprint density at radius 3 is 2.35 bits per heavy atom. The van der Waals surface area contributed by atoms with Gasteiger partial charge in [0.15, 0.2) is 0 Å². The maximum atomic E-state index is 12.0. The lowest BCUT2D eigenvalue weighted by atomic mass is 9.83. The van der Waals surface area contributed by atoms with Crippen molar-refractivity contribution in [2.75, 3.05) is 6.54 Å². The average Bonchev–Trinajstić information content (AvgIpc) is 2.25. The number of hydrogen-bond acceptors (Lipinski definition) is 3. The molecule has 0 spiro atoms. The average molecular weight is 277 g/mol. The molecule has 5 heteroatoms. The minimum absolute atomic E-state index is 0.179. The first kappa shape index (κ1) is 14.4. The van der Waals surface area contributed by atoms with Gasteiger partial charge in [-0.05, 0) is 26.3 Å². The number of likely N-dealkylation sites (tertiary alicyclic amines) is 1. The Morgan fingerprint density at radius 1 is 1.25 bits per heavy atom. The molecular formula is C15H19NO4. The minimum Gasteiger partial charge on any atom is -0.480 e. The number of amides is 1. The topological polar surface area (TPSA) is 66.8 Å². The summed E-state index contributed by atoms with van der Waals surface area (Å²) in [6.07, 6.45) is -0.572. The van der Waals surface area contributed by atoms with Crippen LogP contribution in [0.3, 0.4) is 0 Å². The Morgan fingerprint density at radius 2 is 1.85 bits per heavy atom. The standard InChI is InChI=1S/C15H19NO4/c1-15(2,3)20-14(19)16-9-11(12(16)13(17)18)10-7-5-4-6-8-10/h4-8,11-12H,9H2,1-3H3,(H,17,18). The number of carboxylic acid groups (broad SMARTS) is 1. The number of hydrogen-bond donors (Lipinski definition) is 1. The molecular weight excluding hydrogens is 258 g/mol. The first-order valence-electron chi connectivity index (χ1n) is 6.57. The van der Waals surface area contributed by atoms with E-state index in [0.717, 1.165) is 5.56 Å². The maximum Gasteiger partial charge on any atom is 0.411 e. The van der Waals surface area contributed by atoms with Crippen molar-refractivity contribution in [3.05, 3.63) is 35.9 Å². The number of benzene rings is 1. The lowest BCUT2D eigenvalue weighted by molar-refractivity contribution is -0.149. The highest BCUT2D eigenvalue weighted by atomic mass is 16.6. The lowest BCUT2D eigenvalue weighted by Gasteiger charge is -2.45. The molecule has 1 aliphatic rings. The van der Waals surface area contributed by atoms with Crippen molar-refractivity contribution in [2.24, 2.45) is 0 Å². The van der Waals surface area contributed by atoms with Crippen molar-refractivity contribution in [2.45, 2.75) is 38.3 Å². The van der Waals surface area contributed by atoms with E-state index in [-0.39, 0.29) is 5.92 Å². The molecule has 5 nitrogen and oxygen atoms in total. The van der Waals surface area contributed by atoms with Crippen LogP contribution in [0.1, 0.15) is 32.3 Å². The Balaban J connectivity index is 2.12. The number of nitrogens with zero attached hydrogens (tertiary/aromatic N) is 1. The molecule has 0 saturated carbocycles. The second kappa shape index (κ2) is 5.15. The predicted octanol–water partition coefficient (Wildman–Crippen LogP) is 2.47. The van der Waals surface area contributed by atoms with Crippen LogP contribution in [0.4, 0.5) is 4.79 Å². The van der Waals surface area contributed by atoms with Gasteiger partial charge in [0.1, 0.15) is 11.6 Å². The quantitative estimate of drug-likeness (QED) is 0.901. The van der Waals surface area contributed by atoms with E-state index >= 15 is 0 Å². The molecule has 1 amide bonds. The van der Waals surface area contributed by atoms with Gasteiger partial charge in [-0.15, -0.1) is 0 Å². The van der Waals surface area contributed by atoms with Crippen LogP contribution in [0.25, 0.3) is 0 Å². The van der Waals surface area contributed by atoms with E-state index in [2.05, 4.69) is 0 Å². The van der Waals surface area contributed by atoms with Gasteiger partial charge in [0.25, 0.3) is 0 Å². The third kappa shape index (κ3) is 2.92. The summed E-state index contributed by atoms with van der Waals surface area (Å²) in [6.45, 7) is 5.65. The Hall–Kier alpha value is -2.04. The van der Waals surface area contributed by atoms with Crippen molar-refractivity contribution in [1.82, 2.24) is 4.90 Å². The van der Waals surface area contributed by atoms with Gasteiger partial charge < -0.3 is 9.84 Å². The van der Waals surface area contributed by atoms with Gasteiger partial charge in [0.05, 0.1) is 0 Å². The fourth-order valence-electron chi connectivity index (χ4n) is 2.31. The van der Waals surface area contributed by atoms with E-state index in [0.29, 0.717) is 6.54 Å². The summed E-state index contributed by atoms with van der Waals surface area (Å²) in [5.74, 6) is -1.18. The number of rotatable bonds is 2. The van der Waals surface area contributed by atoms with Gasteiger partial charge >= 0.3 is 12.1 Å². The molecule has 2 rings (SSSR count). The van der Waals surface area contributed by atoms with Crippen LogP contribution in [0.5, 0.6) is 0 Å². The fraction of sp³-hybridized carbons (Fsp3) is 0.467. The largest absolute Gasteiger partial charge is 0.480 e. The van der Waals surface area contributed by atoms with Gasteiger partial charge in [-0.2, -0.15) is 0 Å². The van der Waals surface area contributed by atoms with Gasteiger partial charge in [0.2, 0.25) is 0 Å². The molecule has 0 aromatic heterocycles. The number of carbonyl (C=O) groups is 2. The van der Waals surface area contributed by atoms with E-state index in [1.54, 1.807) is 20.8 Å². The zero-order valence-electron chi connectivity index (χ0n) is 11.9. The van der Waals surface area contributed by atoms with Crippen molar-refractivity contribution in [1.29, 1.82) is 0 Å². The first-order chi connectivity index (χ1) is 9.29. The van der Waals surface area contributed by atoms with Crippen molar-refractivity contribution < 1.29 is 19.4 Å². The van der Waals surface area contributed by atoms with Crippen molar-refractivity contribution in [3.8, 4) is 0 Å². The van der Waals surface area contributed by atoms with Gasteiger partial charge in [-0.3, -0.25) is 4.90 Å². The number of ether oxygens (including phenoxy) is 1. The molecule has 0 aliphatic carbocycles. The Kier molecular flexibility index (Phi) is 3.70. The highest BCUT2D eigenvalue weighted by Gasteiger charge is 2.48. The molecule has 1 fully saturated rings. The summed E-state index contributed by atoms with van der Waals surface area (Å²) >= 11 is 0. The van der Waals surface area contributed by atoms with E-state index in [1.165, 1.54) is 4.90 Å². The minimum atomic E-state index is -1.00. The molecule has 1 N–H and O–H groups in total. The Labute approximate surface area is 118 Å². The SMILES string of the molecule is CC(C)(C)OC(=O)N1CC(c2ccccc2)C1C(=O)O. The number of carboxylic acids is 1. The van der Waals surface area contributed by atoms with Gasteiger partial charge in [-0.25, -0.2) is 9.59 Å². The van der Waals surface area contributed by atoms with Gasteiger partial charge in [0, 0.05) is 12.5 Å². The summed E-state index contributed by atoms with van der Waals surface area (Å²) in [6, 6.07) is 8.52. The van der Waals surface area contributed by atoms with Crippen LogP contribution in [-0.2, 0) is 9.53 Å². The van der Waals surface area contributed by atoms with E-state index in [4.69, 9.17) is 4.74 Å². The second-order valence-electron chi connectivity index (χ2n) is 5.93. The van der Waals surface area contributed by atoms with Crippen molar-refractivity contribution in [3.63, 3.8) is 0 Å². The van der Waals surface area contributed by atoms with Crippen LogP contribution >= 0.6 is 0 Å². The summed E-state index contributed by atoms with van der Waals surface area (Å²) < 4.78 is 5.23. The highest BCUT2D eigenvalue weighted by molar-refractivity contribution is 5.83. The third-order valence-corrected chi connectivity index (χ3v) is 3.22. The molecule has 1 heterocycles. The summed E-state index contributed by atoms with van der Waals surface area (Å²) in [5.41, 5.74) is 0.303. The van der Waals surface area contributed by atoms with Crippen LogP contribution in [0.15, 0.2) is 30.3 Å². The summed E-state index contributed by atoms with van der Waals surface area (Å²) in [7, 11) is 0.